The SMILES string of the molecule is Cn1nccc1-c1ccc(C(=O)N[C@@H]2CNCC[C@H]2c2ccc(F)c(F)c2)cc1.O=C(O)[C@H](O)[C@@H](O)C(=O)O. The molecular formula is C26H28F2N4O7. The van der Waals surface area contributed by atoms with E-state index in [1.807, 2.05) is 25.2 Å². The molecular weight excluding hydrogens is 518 g/mol. The predicted octanol–water partition coefficient (Wildman–Crippen LogP) is 1.12. The molecule has 1 aliphatic heterocycles. The van der Waals surface area contributed by atoms with Gasteiger partial charge in [0, 0.05) is 37.3 Å². The third-order valence-corrected chi connectivity index (χ3v) is 6.24. The van der Waals surface area contributed by atoms with E-state index >= 15 is 0 Å². The summed E-state index contributed by atoms with van der Waals surface area (Å²) < 4.78 is 28.8. The molecule has 2 aromatic carbocycles. The molecule has 0 spiro atoms. The highest BCUT2D eigenvalue weighted by Crippen LogP contribution is 2.27. The zero-order valence-electron chi connectivity index (χ0n) is 20.8. The van der Waals surface area contributed by atoms with Crippen molar-refractivity contribution in [2.24, 2.45) is 7.05 Å². The largest absolute Gasteiger partial charge is 0.479 e. The number of aliphatic carboxylic acids is 2. The van der Waals surface area contributed by atoms with Gasteiger partial charge in [0.1, 0.15) is 0 Å². The number of carboxylic acid groups (broad SMARTS) is 2. The van der Waals surface area contributed by atoms with Gasteiger partial charge in [-0.2, -0.15) is 5.10 Å². The van der Waals surface area contributed by atoms with E-state index in [4.69, 9.17) is 20.4 Å². The van der Waals surface area contributed by atoms with Crippen LogP contribution in [-0.4, -0.2) is 79.4 Å². The summed E-state index contributed by atoms with van der Waals surface area (Å²) in [4.78, 5) is 32.3. The molecule has 208 valence electrons. The van der Waals surface area contributed by atoms with Crippen molar-refractivity contribution in [1.29, 1.82) is 0 Å². The highest BCUT2D eigenvalue weighted by Gasteiger charge is 2.30. The summed E-state index contributed by atoms with van der Waals surface area (Å²) in [5, 5.41) is 43.0. The molecule has 11 nitrogen and oxygen atoms in total. The first kappa shape index (κ1) is 29.4. The average Bonchev–Trinajstić information content (AvgIpc) is 3.35. The normalized spacial score (nSPS) is 18.3. The van der Waals surface area contributed by atoms with E-state index in [1.165, 1.54) is 6.07 Å². The number of aromatic nitrogens is 2. The first-order chi connectivity index (χ1) is 18.5. The highest BCUT2D eigenvalue weighted by molar-refractivity contribution is 5.95. The minimum atomic E-state index is -2.27. The minimum Gasteiger partial charge on any atom is -0.479 e. The van der Waals surface area contributed by atoms with Gasteiger partial charge in [0.05, 0.1) is 5.69 Å². The van der Waals surface area contributed by atoms with Gasteiger partial charge in [-0.1, -0.05) is 18.2 Å². The van der Waals surface area contributed by atoms with E-state index in [0.29, 0.717) is 17.7 Å². The lowest BCUT2D eigenvalue weighted by Crippen LogP contribution is -2.50. The van der Waals surface area contributed by atoms with Gasteiger partial charge in [-0.15, -0.1) is 0 Å². The maximum absolute atomic E-state index is 13.7. The summed E-state index contributed by atoms with van der Waals surface area (Å²) >= 11 is 0. The molecule has 0 radical (unpaired) electrons. The maximum atomic E-state index is 13.7. The molecule has 4 rings (SSSR count). The Hall–Kier alpha value is -4.20. The van der Waals surface area contributed by atoms with Crippen LogP contribution in [0.2, 0.25) is 0 Å². The number of hydrogen-bond donors (Lipinski definition) is 6. The van der Waals surface area contributed by atoms with E-state index < -0.39 is 35.8 Å². The Labute approximate surface area is 221 Å². The van der Waals surface area contributed by atoms with Crippen LogP contribution in [0.4, 0.5) is 8.78 Å². The Morgan fingerprint density at radius 3 is 2.18 bits per heavy atom. The number of hydrogen-bond acceptors (Lipinski definition) is 7. The molecule has 4 atom stereocenters. The Balaban J connectivity index is 0.000000360. The van der Waals surface area contributed by atoms with Gasteiger partial charge < -0.3 is 31.1 Å². The Morgan fingerprint density at radius 2 is 1.64 bits per heavy atom. The van der Waals surface area contributed by atoms with E-state index in [0.717, 1.165) is 30.3 Å². The molecule has 0 bridgehead atoms. The number of aryl methyl sites for hydroxylation is 1. The number of carboxylic acids is 2. The molecule has 6 N–H and O–H groups in total. The molecule has 1 aromatic heterocycles. The zero-order chi connectivity index (χ0) is 28.7. The molecule has 1 saturated heterocycles. The molecule has 3 aromatic rings. The number of halogens is 2. The summed E-state index contributed by atoms with van der Waals surface area (Å²) in [5.74, 6) is -5.54. The number of carbonyl (C=O) groups excluding carboxylic acids is 1. The van der Waals surface area contributed by atoms with Crippen LogP contribution in [-0.2, 0) is 16.6 Å². The molecule has 13 heteroatoms. The second-order valence-corrected chi connectivity index (χ2v) is 8.84. The summed E-state index contributed by atoms with van der Waals surface area (Å²) in [6.45, 7) is 1.33. The molecule has 2 heterocycles. The van der Waals surface area contributed by atoms with E-state index in [-0.39, 0.29) is 17.9 Å². The fourth-order valence-corrected chi connectivity index (χ4v) is 4.12. The zero-order valence-corrected chi connectivity index (χ0v) is 20.8. The third kappa shape index (κ3) is 7.44. The van der Waals surface area contributed by atoms with Crippen molar-refractivity contribution >= 4 is 17.8 Å². The number of benzene rings is 2. The second kappa shape index (κ2) is 13.0. The number of amides is 1. The standard InChI is InChI=1S/C22H22F2N4O.C4H6O6/c1-28-21(9-11-26-28)14-2-4-15(5-3-14)22(29)27-20-13-25-10-8-17(20)16-6-7-18(23)19(24)12-16;5-1(3(7)8)2(6)4(9)10/h2-7,9,11-12,17,20,25H,8,10,13H2,1H3,(H,27,29);1-2,5-6H,(H,7,8)(H,9,10)/t17-,20+;1-,2-/m01/s1. The number of nitrogens with zero attached hydrogens (tertiary/aromatic N) is 2. The van der Waals surface area contributed by atoms with Crippen molar-refractivity contribution in [2.45, 2.75) is 30.6 Å². The number of nitrogens with one attached hydrogen (secondary N) is 2. The van der Waals surface area contributed by atoms with Gasteiger partial charge in [-0.25, -0.2) is 18.4 Å². The average molecular weight is 547 g/mol. The summed E-state index contributed by atoms with van der Waals surface area (Å²) in [6.07, 6.45) is -2.07. The lowest BCUT2D eigenvalue weighted by molar-refractivity contribution is -0.165. The van der Waals surface area contributed by atoms with E-state index in [2.05, 4.69) is 15.7 Å². The minimum absolute atomic E-state index is 0.0796. The number of carbonyl (C=O) groups is 3. The van der Waals surface area contributed by atoms with E-state index in [1.54, 1.807) is 29.1 Å². The van der Waals surface area contributed by atoms with Crippen LogP contribution in [0.25, 0.3) is 11.3 Å². The second-order valence-electron chi connectivity index (χ2n) is 8.84. The maximum Gasteiger partial charge on any atom is 0.335 e. The lowest BCUT2D eigenvalue weighted by atomic mass is 9.85. The summed E-state index contributed by atoms with van der Waals surface area (Å²) in [6, 6.07) is 13.0. The van der Waals surface area contributed by atoms with Crippen molar-refractivity contribution in [2.75, 3.05) is 13.1 Å². The van der Waals surface area contributed by atoms with E-state index in [9.17, 15) is 23.2 Å². The van der Waals surface area contributed by atoms with Gasteiger partial charge in [0.2, 0.25) is 0 Å². The fourth-order valence-electron chi connectivity index (χ4n) is 4.12. The molecule has 0 aliphatic carbocycles. The van der Waals surface area contributed by atoms with Crippen LogP contribution in [0.1, 0.15) is 28.3 Å². The van der Waals surface area contributed by atoms with Crippen LogP contribution in [0.3, 0.4) is 0 Å². The van der Waals surface area contributed by atoms with Crippen LogP contribution in [0.15, 0.2) is 54.7 Å². The van der Waals surface area contributed by atoms with Crippen molar-refractivity contribution < 1.29 is 43.6 Å². The smallest absolute Gasteiger partial charge is 0.335 e. The van der Waals surface area contributed by atoms with Gasteiger partial charge in [0.25, 0.3) is 5.91 Å². The number of aliphatic hydroxyl groups excluding tert-OH is 2. The van der Waals surface area contributed by atoms with Crippen LogP contribution in [0.5, 0.6) is 0 Å². The predicted molar refractivity (Wildman–Crippen MR) is 134 cm³/mol. The molecule has 1 amide bonds. The van der Waals surface area contributed by atoms with Crippen LogP contribution < -0.4 is 10.6 Å². The molecule has 1 aliphatic rings. The number of aliphatic hydroxyl groups is 2. The van der Waals surface area contributed by atoms with Crippen molar-refractivity contribution in [3.8, 4) is 11.3 Å². The fraction of sp³-hybridized carbons (Fsp3) is 0.308. The lowest BCUT2D eigenvalue weighted by Gasteiger charge is -2.33. The first-order valence-corrected chi connectivity index (χ1v) is 11.9. The molecule has 0 unspecified atom stereocenters. The number of rotatable bonds is 7. The first-order valence-electron chi connectivity index (χ1n) is 11.9. The Bertz CT molecular complexity index is 1300. The molecule has 39 heavy (non-hydrogen) atoms. The molecule has 1 fully saturated rings. The Kier molecular flexibility index (Phi) is 9.82. The Morgan fingerprint density at radius 1 is 1.00 bits per heavy atom. The van der Waals surface area contributed by atoms with Gasteiger partial charge in [-0.3, -0.25) is 9.48 Å². The van der Waals surface area contributed by atoms with Gasteiger partial charge >= 0.3 is 11.9 Å². The topological polar surface area (TPSA) is 174 Å². The van der Waals surface area contributed by atoms with Crippen LogP contribution in [0, 0.1) is 11.6 Å². The summed E-state index contributed by atoms with van der Waals surface area (Å²) in [5.41, 5.74) is 3.18. The molecule has 0 saturated carbocycles. The monoisotopic (exact) mass is 546 g/mol. The van der Waals surface area contributed by atoms with Crippen molar-refractivity contribution in [3.05, 3.63) is 77.5 Å². The quantitative estimate of drug-likeness (QED) is 0.254. The van der Waals surface area contributed by atoms with Gasteiger partial charge in [-0.05, 0) is 54.4 Å². The number of piperidine rings is 1. The van der Waals surface area contributed by atoms with Crippen LogP contribution >= 0.6 is 0 Å². The van der Waals surface area contributed by atoms with Crippen molar-refractivity contribution in [3.63, 3.8) is 0 Å². The van der Waals surface area contributed by atoms with Crippen molar-refractivity contribution in [1.82, 2.24) is 20.4 Å². The van der Waals surface area contributed by atoms with Gasteiger partial charge in [0.15, 0.2) is 23.8 Å². The highest BCUT2D eigenvalue weighted by atomic mass is 19.2. The summed E-state index contributed by atoms with van der Waals surface area (Å²) in [7, 11) is 1.87. The third-order valence-electron chi connectivity index (χ3n) is 6.24.